The van der Waals surface area contributed by atoms with Crippen LogP contribution in [0.1, 0.15) is 32.5 Å². The van der Waals surface area contributed by atoms with Crippen LogP contribution in [0.2, 0.25) is 0 Å². The summed E-state index contributed by atoms with van der Waals surface area (Å²) < 4.78 is 1.91. The third kappa shape index (κ3) is 2.78. The molecule has 1 aliphatic rings. The van der Waals surface area contributed by atoms with Gasteiger partial charge in [0.25, 0.3) is 0 Å². The highest BCUT2D eigenvalue weighted by molar-refractivity contribution is 4.92. The summed E-state index contributed by atoms with van der Waals surface area (Å²) in [5.74, 6) is 1.99. The van der Waals surface area contributed by atoms with Crippen LogP contribution < -0.4 is 0 Å². The van der Waals surface area contributed by atoms with Crippen LogP contribution in [0.4, 0.5) is 0 Å². The Kier molecular flexibility index (Phi) is 3.05. The molecule has 1 unspecified atom stereocenters. The van der Waals surface area contributed by atoms with Crippen LogP contribution in [0.3, 0.4) is 0 Å². The molecule has 2 rings (SSSR count). The SMILES string of the molecule is CC(C)Cn1ncnc1CC(O)C1CC1. The van der Waals surface area contributed by atoms with Crippen LogP contribution in [0.15, 0.2) is 6.33 Å². The summed E-state index contributed by atoms with van der Waals surface area (Å²) in [6.07, 6.45) is 4.34. The molecule has 15 heavy (non-hydrogen) atoms. The minimum Gasteiger partial charge on any atom is -0.392 e. The fourth-order valence-electron chi connectivity index (χ4n) is 1.78. The summed E-state index contributed by atoms with van der Waals surface area (Å²) in [4.78, 5) is 4.21. The van der Waals surface area contributed by atoms with E-state index < -0.39 is 0 Å². The number of nitrogens with zero attached hydrogens (tertiary/aromatic N) is 3. The van der Waals surface area contributed by atoms with Crippen molar-refractivity contribution in [3.05, 3.63) is 12.2 Å². The molecule has 4 heteroatoms. The zero-order valence-electron chi connectivity index (χ0n) is 9.43. The van der Waals surface area contributed by atoms with Crippen molar-refractivity contribution in [3.8, 4) is 0 Å². The van der Waals surface area contributed by atoms with E-state index in [0.29, 0.717) is 18.3 Å². The number of rotatable bonds is 5. The van der Waals surface area contributed by atoms with Gasteiger partial charge in [-0.05, 0) is 24.7 Å². The molecule has 1 heterocycles. The fraction of sp³-hybridized carbons (Fsp3) is 0.818. The largest absolute Gasteiger partial charge is 0.392 e. The van der Waals surface area contributed by atoms with Gasteiger partial charge in [0.05, 0.1) is 6.10 Å². The maximum Gasteiger partial charge on any atom is 0.138 e. The van der Waals surface area contributed by atoms with Gasteiger partial charge in [0.2, 0.25) is 0 Å². The van der Waals surface area contributed by atoms with Gasteiger partial charge in [0.1, 0.15) is 12.2 Å². The highest BCUT2D eigenvalue weighted by Gasteiger charge is 2.30. The van der Waals surface area contributed by atoms with Gasteiger partial charge in [-0.25, -0.2) is 9.67 Å². The molecular formula is C11H19N3O. The van der Waals surface area contributed by atoms with Crippen molar-refractivity contribution in [2.75, 3.05) is 0 Å². The second kappa shape index (κ2) is 4.31. The smallest absolute Gasteiger partial charge is 0.138 e. The third-order valence-corrected chi connectivity index (χ3v) is 2.79. The number of hydrogen-bond donors (Lipinski definition) is 1. The van der Waals surface area contributed by atoms with Gasteiger partial charge in [-0.2, -0.15) is 5.10 Å². The molecule has 0 aromatic carbocycles. The predicted octanol–water partition coefficient (Wildman–Crippen LogP) is 1.25. The monoisotopic (exact) mass is 209 g/mol. The third-order valence-electron chi connectivity index (χ3n) is 2.79. The van der Waals surface area contributed by atoms with E-state index in [4.69, 9.17) is 0 Å². The molecule has 0 radical (unpaired) electrons. The fourth-order valence-corrected chi connectivity index (χ4v) is 1.78. The number of aliphatic hydroxyl groups excluding tert-OH is 1. The normalized spacial score (nSPS) is 18.4. The van der Waals surface area contributed by atoms with Crippen molar-refractivity contribution in [1.82, 2.24) is 14.8 Å². The van der Waals surface area contributed by atoms with Crippen LogP contribution in [-0.2, 0) is 13.0 Å². The Balaban J connectivity index is 1.97. The van der Waals surface area contributed by atoms with Crippen molar-refractivity contribution in [2.24, 2.45) is 11.8 Å². The van der Waals surface area contributed by atoms with E-state index in [1.807, 2.05) is 4.68 Å². The minimum atomic E-state index is -0.222. The Morgan fingerprint density at radius 1 is 1.53 bits per heavy atom. The summed E-state index contributed by atoms with van der Waals surface area (Å²) in [6.45, 7) is 5.19. The first-order valence-electron chi connectivity index (χ1n) is 5.71. The maximum absolute atomic E-state index is 9.84. The highest BCUT2D eigenvalue weighted by atomic mass is 16.3. The van der Waals surface area contributed by atoms with Crippen LogP contribution in [0, 0.1) is 11.8 Å². The molecule has 0 spiro atoms. The summed E-state index contributed by atoms with van der Waals surface area (Å²) in [7, 11) is 0. The maximum atomic E-state index is 9.84. The second-order valence-electron chi connectivity index (χ2n) is 4.86. The van der Waals surface area contributed by atoms with E-state index >= 15 is 0 Å². The van der Waals surface area contributed by atoms with Gasteiger partial charge in [0.15, 0.2) is 0 Å². The Morgan fingerprint density at radius 3 is 2.87 bits per heavy atom. The first kappa shape index (κ1) is 10.6. The van der Waals surface area contributed by atoms with E-state index in [9.17, 15) is 5.11 Å². The molecule has 1 atom stereocenters. The average molecular weight is 209 g/mol. The average Bonchev–Trinajstić information content (AvgIpc) is 2.92. The molecule has 1 saturated carbocycles. The zero-order valence-corrected chi connectivity index (χ0v) is 9.43. The minimum absolute atomic E-state index is 0.222. The molecule has 1 aliphatic carbocycles. The lowest BCUT2D eigenvalue weighted by molar-refractivity contribution is 0.147. The van der Waals surface area contributed by atoms with Gasteiger partial charge in [-0.3, -0.25) is 0 Å². The van der Waals surface area contributed by atoms with Gasteiger partial charge >= 0.3 is 0 Å². The molecule has 1 fully saturated rings. The Morgan fingerprint density at radius 2 is 2.27 bits per heavy atom. The quantitative estimate of drug-likeness (QED) is 0.794. The number of aliphatic hydroxyl groups is 1. The van der Waals surface area contributed by atoms with E-state index in [1.165, 1.54) is 12.8 Å². The zero-order chi connectivity index (χ0) is 10.8. The van der Waals surface area contributed by atoms with Crippen molar-refractivity contribution >= 4 is 0 Å². The van der Waals surface area contributed by atoms with E-state index in [2.05, 4.69) is 23.9 Å². The van der Waals surface area contributed by atoms with E-state index in [0.717, 1.165) is 12.4 Å². The molecule has 0 amide bonds. The molecule has 84 valence electrons. The molecule has 4 nitrogen and oxygen atoms in total. The van der Waals surface area contributed by atoms with Crippen LogP contribution in [0.5, 0.6) is 0 Å². The lowest BCUT2D eigenvalue weighted by Crippen LogP contribution is -2.18. The molecule has 0 aliphatic heterocycles. The van der Waals surface area contributed by atoms with Gasteiger partial charge in [0, 0.05) is 13.0 Å². The van der Waals surface area contributed by atoms with Crippen LogP contribution in [-0.4, -0.2) is 26.0 Å². The van der Waals surface area contributed by atoms with Crippen LogP contribution >= 0.6 is 0 Å². The van der Waals surface area contributed by atoms with E-state index in [1.54, 1.807) is 6.33 Å². The Labute approximate surface area is 90.3 Å². The summed E-state index contributed by atoms with van der Waals surface area (Å²) >= 11 is 0. The predicted molar refractivity (Wildman–Crippen MR) is 57.3 cm³/mol. The topological polar surface area (TPSA) is 50.9 Å². The van der Waals surface area contributed by atoms with Crippen molar-refractivity contribution in [1.29, 1.82) is 0 Å². The standard InChI is InChI=1S/C11H19N3O/c1-8(2)6-14-11(12-7-13-14)5-10(15)9-3-4-9/h7-10,15H,3-6H2,1-2H3. The van der Waals surface area contributed by atoms with Crippen molar-refractivity contribution in [2.45, 2.75) is 45.8 Å². The molecule has 1 aromatic heterocycles. The van der Waals surface area contributed by atoms with E-state index in [-0.39, 0.29) is 6.10 Å². The molecular weight excluding hydrogens is 190 g/mol. The summed E-state index contributed by atoms with van der Waals surface area (Å²) in [5.41, 5.74) is 0. The first-order valence-corrected chi connectivity index (χ1v) is 5.71. The number of aromatic nitrogens is 3. The molecule has 1 aromatic rings. The molecule has 0 saturated heterocycles. The first-order chi connectivity index (χ1) is 7.16. The van der Waals surface area contributed by atoms with Gasteiger partial charge in [-0.15, -0.1) is 0 Å². The van der Waals surface area contributed by atoms with Gasteiger partial charge < -0.3 is 5.11 Å². The Hall–Kier alpha value is -0.900. The molecule has 0 bridgehead atoms. The van der Waals surface area contributed by atoms with Gasteiger partial charge in [-0.1, -0.05) is 13.8 Å². The lowest BCUT2D eigenvalue weighted by Gasteiger charge is -2.11. The summed E-state index contributed by atoms with van der Waals surface area (Å²) in [5, 5.41) is 14.0. The summed E-state index contributed by atoms with van der Waals surface area (Å²) in [6, 6.07) is 0. The molecule has 1 N–H and O–H groups in total. The van der Waals surface area contributed by atoms with Crippen molar-refractivity contribution in [3.63, 3.8) is 0 Å². The van der Waals surface area contributed by atoms with Crippen LogP contribution in [0.25, 0.3) is 0 Å². The van der Waals surface area contributed by atoms with Crippen molar-refractivity contribution < 1.29 is 5.11 Å². The highest BCUT2D eigenvalue weighted by Crippen LogP contribution is 2.33. The number of hydrogen-bond acceptors (Lipinski definition) is 3. The lowest BCUT2D eigenvalue weighted by atomic mass is 10.1. The Bertz CT molecular complexity index is 317. The second-order valence-corrected chi connectivity index (χ2v) is 4.86.